The Morgan fingerprint density at radius 3 is 2.58 bits per heavy atom. The molecule has 1 amide bonds. The predicted octanol–water partition coefficient (Wildman–Crippen LogP) is 4.41. The molecule has 1 unspecified atom stereocenters. The van der Waals surface area contributed by atoms with E-state index >= 15 is 0 Å². The van der Waals surface area contributed by atoms with Crippen LogP contribution >= 0.6 is 0 Å². The molecule has 0 saturated carbocycles. The van der Waals surface area contributed by atoms with Gasteiger partial charge in [-0.3, -0.25) is 4.79 Å². The molecule has 3 heterocycles. The van der Waals surface area contributed by atoms with Gasteiger partial charge in [-0.1, -0.05) is 48.5 Å². The number of carbonyl (C=O) groups is 1. The van der Waals surface area contributed by atoms with E-state index in [2.05, 4.69) is 52.3 Å². The van der Waals surface area contributed by atoms with E-state index in [1.165, 1.54) is 16.3 Å². The molecule has 1 atom stereocenters. The fourth-order valence-electron chi connectivity index (χ4n) is 5.75. The van der Waals surface area contributed by atoms with Gasteiger partial charge >= 0.3 is 0 Å². The number of aromatic amines is 1. The molecule has 3 aromatic carbocycles. The minimum atomic E-state index is -0.587. The number of ether oxygens (including phenoxy) is 2. The highest BCUT2D eigenvalue weighted by Gasteiger charge is 2.24. The van der Waals surface area contributed by atoms with Crippen molar-refractivity contribution in [2.45, 2.75) is 24.9 Å². The molecular weight excluding hydrogens is 478 g/mol. The van der Waals surface area contributed by atoms with Gasteiger partial charge < -0.3 is 29.4 Å². The van der Waals surface area contributed by atoms with Gasteiger partial charge in [0, 0.05) is 30.5 Å². The van der Waals surface area contributed by atoms with Gasteiger partial charge in [-0.05, 0) is 66.4 Å². The molecule has 0 radical (unpaired) electrons. The molecule has 0 spiro atoms. The lowest BCUT2D eigenvalue weighted by molar-refractivity contribution is 0.0299. The molecule has 0 aliphatic carbocycles. The largest absolute Gasteiger partial charge is 0.490 e. The number of hydrogen-bond acceptors (Lipinski definition) is 5. The molecule has 2 N–H and O–H groups in total. The van der Waals surface area contributed by atoms with Crippen LogP contribution in [0.1, 0.15) is 34.8 Å². The lowest BCUT2D eigenvalue weighted by atomic mass is 9.88. The van der Waals surface area contributed by atoms with Crippen LogP contribution in [-0.2, 0) is 4.74 Å². The molecule has 7 nitrogen and oxygen atoms in total. The summed E-state index contributed by atoms with van der Waals surface area (Å²) in [6.45, 7) is 5.07. The van der Waals surface area contributed by atoms with E-state index in [1.807, 2.05) is 29.2 Å². The summed E-state index contributed by atoms with van der Waals surface area (Å²) in [7, 11) is 0. The second kappa shape index (κ2) is 11.2. The minimum absolute atomic E-state index is 0.0254. The highest BCUT2D eigenvalue weighted by Crippen LogP contribution is 2.31. The van der Waals surface area contributed by atoms with Crippen LogP contribution in [0.5, 0.6) is 5.75 Å². The maximum absolute atomic E-state index is 12.9. The van der Waals surface area contributed by atoms with Crippen LogP contribution in [0.2, 0.25) is 0 Å². The van der Waals surface area contributed by atoms with Gasteiger partial charge in [0.2, 0.25) is 0 Å². The Kier molecular flexibility index (Phi) is 7.31. The number of benzene rings is 3. The summed E-state index contributed by atoms with van der Waals surface area (Å²) in [5.74, 6) is 1.21. The van der Waals surface area contributed by atoms with E-state index in [0.29, 0.717) is 50.2 Å². The van der Waals surface area contributed by atoms with Gasteiger partial charge in [0.1, 0.15) is 24.2 Å². The number of nitrogens with zero attached hydrogens (tertiary/aromatic N) is 2. The van der Waals surface area contributed by atoms with Gasteiger partial charge in [-0.2, -0.15) is 0 Å². The van der Waals surface area contributed by atoms with Crippen molar-refractivity contribution in [1.82, 2.24) is 14.8 Å². The van der Waals surface area contributed by atoms with E-state index in [-0.39, 0.29) is 12.5 Å². The third kappa shape index (κ3) is 5.41. The number of amides is 1. The maximum Gasteiger partial charge on any atom is 0.270 e. The molecule has 0 bridgehead atoms. The number of β-amino-alcohol motifs (C(OH)–C–C–N with tert-alkyl or cyclic N) is 1. The van der Waals surface area contributed by atoms with Crippen molar-refractivity contribution in [3.05, 3.63) is 78.0 Å². The smallest absolute Gasteiger partial charge is 0.270 e. The number of piperidine rings is 1. The number of hydrogen-bond donors (Lipinski definition) is 2. The Labute approximate surface area is 222 Å². The van der Waals surface area contributed by atoms with Crippen LogP contribution in [0.3, 0.4) is 0 Å². The van der Waals surface area contributed by atoms with E-state index in [9.17, 15) is 9.90 Å². The van der Waals surface area contributed by atoms with Crippen molar-refractivity contribution in [2.24, 2.45) is 0 Å². The molecule has 2 saturated heterocycles. The summed E-state index contributed by atoms with van der Waals surface area (Å²) in [4.78, 5) is 20.3. The van der Waals surface area contributed by atoms with Crippen LogP contribution < -0.4 is 4.74 Å². The number of carbonyl (C=O) groups excluding carboxylic acids is 1. The summed E-state index contributed by atoms with van der Waals surface area (Å²) in [5.41, 5.74) is 2.82. The zero-order valence-corrected chi connectivity index (χ0v) is 21.6. The number of H-pyrrole nitrogens is 1. The molecule has 198 valence electrons. The second-order valence-corrected chi connectivity index (χ2v) is 10.5. The van der Waals surface area contributed by atoms with E-state index < -0.39 is 6.10 Å². The number of aliphatic hydroxyl groups is 1. The van der Waals surface area contributed by atoms with Crippen molar-refractivity contribution < 1.29 is 19.4 Å². The summed E-state index contributed by atoms with van der Waals surface area (Å²) in [6.07, 6.45) is 1.60. The number of rotatable bonds is 7. The number of morpholine rings is 1. The Balaban J connectivity index is 1.02. The lowest BCUT2D eigenvalue weighted by Gasteiger charge is -2.33. The van der Waals surface area contributed by atoms with Crippen LogP contribution in [0.15, 0.2) is 66.7 Å². The number of aliphatic hydroxyl groups excluding tert-OH is 1. The first-order chi connectivity index (χ1) is 18.6. The summed E-state index contributed by atoms with van der Waals surface area (Å²) in [6, 6.07) is 22.9. The van der Waals surface area contributed by atoms with Gasteiger partial charge in [-0.15, -0.1) is 0 Å². The topological polar surface area (TPSA) is 78.0 Å². The van der Waals surface area contributed by atoms with E-state index in [1.54, 1.807) is 0 Å². The van der Waals surface area contributed by atoms with Gasteiger partial charge in [0.25, 0.3) is 5.91 Å². The first-order valence-corrected chi connectivity index (χ1v) is 13.6. The third-order valence-corrected chi connectivity index (χ3v) is 7.89. The second-order valence-electron chi connectivity index (χ2n) is 10.5. The van der Waals surface area contributed by atoms with Crippen LogP contribution in [0, 0.1) is 0 Å². The van der Waals surface area contributed by atoms with Crippen molar-refractivity contribution in [3.8, 4) is 5.75 Å². The minimum Gasteiger partial charge on any atom is -0.490 e. The zero-order chi connectivity index (χ0) is 25.9. The summed E-state index contributed by atoms with van der Waals surface area (Å²) in [5, 5.41) is 14.2. The number of likely N-dealkylation sites (tertiary alicyclic amines) is 1. The molecule has 1 aromatic heterocycles. The fraction of sp³-hybridized carbons (Fsp3) is 0.387. The number of nitrogens with one attached hydrogen (secondary N) is 1. The molecule has 2 aliphatic heterocycles. The molecule has 38 heavy (non-hydrogen) atoms. The SMILES string of the molecule is O=C(c1cc2c(OCC(O)CN3CCC(c4ccc5ccccc5c4)CC3)cccc2[nH]1)N1CCOCC1. The van der Waals surface area contributed by atoms with Crippen molar-refractivity contribution >= 4 is 27.6 Å². The van der Waals surface area contributed by atoms with Crippen LogP contribution in [0.25, 0.3) is 21.7 Å². The summed E-state index contributed by atoms with van der Waals surface area (Å²) < 4.78 is 11.4. The fourth-order valence-corrected chi connectivity index (χ4v) is 5.75. The van der Waals surface area contributed by atoms with Crippen molar-refractivity contribution in [1.29, 1.82) is 0 Å². The zero-order valence-electron chi connectivity index (χ0n) is 21.6. The van der Waals surface area contributed by atoms with Crippen LogP contribution in [-0.4, -0.2) is 84.4 Å². The van der Waals surface area contributed by atoms with Gasteiger partial charge in [0.15, 0.2) is 0 Å². The number of fused-ring (bicyclic) bond motifs is 2. The Bertz CT molecular complexity index is 1400. The highest BCUT2D eigenvalue weighted by atomic mass is 16.5. The highest BCUT2D eigenvalue weighted by molar-refractivity contribution is 5.99. The number of aromatic nitrogens is 1. The van der Waals surface area contributed by atoms with E-state index in [4.69, 9.17) is 9.47 Å². The molecule has 7 heteroatoms. The monoisotopic (exact) mass is 513 g/mol. The normalized spacial score (nSPS) is 18.2. The Morgan fingerprint density at radius 2 is 1.76 bits per heavy atom. The van der Waals surface area contributed by atoms with Crippen molar-refractivity contribution in [2.75, 3.05) is 52.5 Å². The van der Waals surface area contributed by atoms with Gasteiger partial charge in [-0.25, -0.2) is 0 Å². The standard InChI is InChI=1S/C31H35N3O4/c35-26(20-33-12-10-23(11-13-33)25-9-8-22-4-1-2-5-24(22)18-25)21-38-30-7-3-6-28-27(30)19-29(32-28)31(36)34-14-16-37-17-15-34/h1-9,18-19,23,26,32,35H,10-17,20-21H2. The average molecular weight is 514 g/mol. The molecule has 2 aliphatic rings. The quantitative estimate of drug-likeness (QED) is 0.383. The molecule has 2 fully saturated rings. The molecular formula is C31H35N3O4. The maximum atomic E-state index is 12.9. The van der Waals surface area contributed by atoms with Crippen LogP contribution in [0.4, 0.5) is 0 Å². The first kappa shape index (κ1) is 24.9. The van der Waals surface area contributed by atoms with Crippen molar-refractivity contribution in [3.63, 3.8) is 0 Å². The molecule has 6 rings (SSSR count). The average Bonchev–Trinajstić information content (AvgIpc) is 3.41. The Morgan fingerprint density at radius 1 is 0.974 bits per heavy atom. The Hall–Kier alpha value is -3.39. The lowest BCUT2D eigenvalue weighted by Crippen LogP contribution is -2.40. The van der Waals surface area contributed by atoms with E-state index in [0.717, 1.165) is 36.8 Å². The predicted molar refractivity (Wildman–Crippen MR) is 149 cm³/mol. The molecule has 4 aromatic rings. The first-order valence-electron chi connectivity index (χ1n) is 13.6. The summed E-state index contributed by atoms with van der Waals surface area (Å²) >= 11 is 0. The van der Waals surface area contributed by atoms with Gasteiger partial charge in [0.05, 0.1) is 13.2 Å². The third-order valence-electron chi connectivity index (χ3n) is 7.89.